The van der Waals surface area contributed by atoms with Crippen LogP contribution in [0.25, 0.3) is 0 Å². The molecule has 0 amide bonds. The normalized spacial score (nSPS) is 12.0. The second kappa shape index (κ2) is 6.29. The zero-order valence-electron chi connectivity index (χ0n) is 12.8. The molecular formula is C14H21N3O2S2. The van der Waals surface area contributed by atoms with Gasteiger partial charge in [0.2, 0.25) is 10.0 Å². The van der Waals surface area contributed by atoms with Crippen LogP contribution < -0.4 is 4.72 Å². The predicted molar refractivity (Wildman–Crippen MR) is 85.3 cm³/mol. The molecule has 0 aromatic carbocycles. The molecule has 0 unspecified atom stereocenters. The first-order chi connectivity index (χ1) is 9.85. The Labute approximate surface area is 130 Å². The summed E-state index contributed by atoms with van der Waals surface area (Å²) in [4.78, 5) is 1.07. The molecule has 0 saturated heterocycles. The van der Waals surface area contributed by atoms with Gasteiger partial charge in [-0.05, 0) is 44.9 Å². The Morgan fingerprint density at radius 3 is 2.52 bits per heavy atom. The van der Waals surface area contributed by atoms with Gasteiger partial charge in [-0.3, -0.25) is 4.68 Å². The van der Waals surface area contributed by atoms with Gasteiger partial charge in [0.05, 0.1) is 12.2 Å². The lowest BCUT2D eigenvalue weighted by molar-refractivity contribution is 0.555. The summed E-state index contributed by atoms with van der Waals surface area (Å²) in [6, 6.07) is 3.53. The average molecular weight is 327 g/mol. The highest BCUT2D eigenvalue weighted by Crippen LogP contribution is 2.21. The molecule has 0 radical (unpaired) electrons. The quantitative estimate of drug-likeness (QED) is 0.886. The van der Waals surface area contributed by atoms with E-state index in [1.54, 1.807) is 6.07 Å². The van der Waals surface area contributed by atoms with Crippen LogP contribution in [0.1, 0.15) is 28.8 Å². The Morgan fingerprint density at radius 2 is 2.00 bits per heavy atom. The van der Waals surface area contributed by atoms with Crippen LogP contribution in [0.3, 0.4) is 0 Å². The molecule has 0 aliphatic rings. The van der Waals surface area contributed by atoms with Crippen molar-refractivity contribution in [2.24, 2.45) is 0 Å². The fourth-order valence-corrected chi connectivity index (χ4v) is 4.41. The third kappa shape index (κ3) is 3.53. The smallest absolute Gasteiger partial charge is 0.250 e. The lowest BCUT2D eigenvalue weighted by Gasteiger charge is -2.07. The maximum atomic E-state index is 12.2. The zero-order valence-corrected chi connectivity index (χ0v) is 14.4. The topological polar surface area (TPSA) is 64.0 Å². The highest BCUT2D eigenvalue weighted by Gasteiger charge is 2.16. The van der Waals surface area contributed by atoms with Crippen LogP contribution in [0.5, 0.6) is 0 Å². The third-order valence-corrected chi connectivity index (χ3v) is 6.79. The number of hydrogen-bond acceptors (Lipinski definition) is 4. The monoisotopic (exact) mass is 327 g/mol. The molecule has 21 heavy (non-hydrogen) atoms. The summed E-state index contributed by atoms with van der Waals surface area (Å²) in [5.41, 5.74) is 3.22. The maximum absolute atomic E-state index is 12.2. The summed E-state index contributed by atoms with van der Waals surface area (Å²) in [5.74, 6) is 0. The summed E-state index contributed by atoms with van der Waals surface area (Å²) in [6.07, 6.45) is 0.852. The first kappa shape index (κ1) is 16.2. The molecule has 116 valence electrons. The van der Waals surface area contributed by atoms with Gasteiger partial charge in [0.25, 0.3) is 0 Å². The molecule has 2 aromatic heterocycles. The fourth-order valence-electron chi connectivity index (χ4n) is 2.05. The minimum absolute atomic E-state index is 0.336. The molecule has 0 aliphatic heterocycles. The van der Waals surface area contributed by atoms with Crippen LogP contribution in [-0.4, -0.2) is 24.7 Å². The largest absolute Gasteiger partial charge is 0.268 e. The number of nitrogens with zero attached hydrogens (tertiary/aromatic N) is 2. The number of sulfonamides is 1. The number of hydrogen-bond donors (Lipinski definition) is 1. The molecule has 2 rings (SSSR count). The van der Waals surface area contributed by atoms with Crippen molar-refractivity contribution < 1.29 is 8.42 Å². The van der Waals surface area contributed by atoms with E-state index in [-0.39, 0.29) is 0 Å². The molecule has 0 fully saturated rings. The molecular weight excluding hydrogens is 306 g/mol. The van der Waals surface area contributed by atoms with E-state index in [1.165, 1.54) is 11.3 Å². The summed E-state index contributed by atoms with van der Waals surface area (Å²) in [6.45, 7) is 8.86. The van der Waals surface area contributed by atoms with E-state index < -0.39 is 10.0 Å². The van der Waals surface area contributed by atoms with Gasteiger partial charge in [-0.2, -0.15) is 5.10 Å². The first-order valence-corrected chi connectivity index (χ1v) is 9.24. The van der Waals surface area contributed by atoms with Crippen LogP contribution in [0.2, 0.25) is 0 Å². The number of thiophene rings is 1. The van der Waals surface area contributed by atoms with Crippen molar-refractivity contribution in [3.63, 3.8) is 0 Å². The maximum Gasteiger partial charge on any atom is 0.250 e. The number of nitrogens with one attached hydrogen (secondary N) is 1. The highest BCUT2D eigenvalue weighted by molar-refractivity contribution is 7.91. The van der Waals surface area contributed by atoms with Crippen molar-refractivity contribution in [1.82, 2.24) is 14.5 Å². The van der Waals surface area contributed by atoms with Gasteiger partial charge >= 0.3 is 0 Å². The lowest BCUT2D eigenvalue weighted by Crippen LogP contribution is -2.27. The second-order valence-corrected chi connectivity index (χ2v) is 8.15. The fraction of sp³-hybridized carbons (Fsp3) is 0.500. The van der Waals surface area contributed by atoms with Crippen LogP contribution in [0.15, 0.2) is 16.3 Å². The Hall–Kier alpha value is -1.18. The Balaban J connectivity index is 2.00. The second-order valence-electron chi connectivity index (χ2n) is 4.99. The molecule has 0 saturated carbocycles. The average Bonchev–Trinajstić information content (AvgIpc) is 3.01. The van der Waals surface area contributed by atoms with E-state index in [1.807, 2.05) is 38.4 Å². The Morgan fingerprint density at radius 1 is 1.29 bits per heavy atom. The molecule has 1 N–H and O–H groups in total. The molecule has 5 nitrogen and oxygen atoms in total. The summed E-state index contributed by atoms with van der Waals surface area (Å²) in [7, 11) is -3.41. The van der Waals surface area contributed by atoms with Gasteiger partial charge in [0.1, 0.15) is 4.21 Å². The van der Waals surface area contributed by atoms with E-state index in [4.69, 9.17) is 0 Å². The van der Waals surface area contributed by atoms with Crippen molar-refractivity contribution >= 4 is 21.4 Å². The minimum Gasteiger partial charge on any atom is -0.268 e. The molecule has 2 heterocycles. The summed E-state index contributed by atoms with van der Waals surface area (Å²) >= 11 is 1.32. The molecule has 7 heteroatoms. The zero-order chi connectivity index (χ0) is 15.6. The van der Waals surface area contributed by atoms with Gasteiger partial charge in [-0.25, -0.2) is 13.1 Å². The van der Waals surface area contributed by atoms with Crippen LogP contribution in [0.4, 0.5) is 0 Å². The lowest BCUT2D eigenvalue weighted by atomic mass is 10.2. The van der Waals surface area contributed by atoms with Crippen LogP contribution in [-0.2, 0) is 23.0 Å². The van der Waals surface area contributed by atoms with E-state index in [0.717, 1.165) is 28.2 Å². The molecule has 0 atom stereocenters. The third-order valence-electron chi connectivity index (χ3n) is 3.61. The van der Waals surface area contributed by atoms with Crippen molar-refractivity contribution in [2.45, 2.75) is 44.9 Å². The Bertz CT molecular complexity index is 729. The molecule has 0 aliphatic carbocycles. The first-order valence-electron chi connectivity index (χ1n) is 6.94. The van der Waals surface area contributed by atoms with Crippen LogP contribution >= 0.6 is 11.3 Å². The minimum atomic E-state index is -3.41. The Kier molecular flexibility index (Phi) is 4.85. The van der Waals surface area contributed by atoms with Gasteiger partial charge in [-0.15, -0.1) is 11.3 Å². The van der Waals surface area contributed by atoms with Crippen molar-refractivity contribution in [2.75, 3.05) is 6.54 Å². The van der Waals surface area contributed by atoms with E-state index in [0.29, 0.717) is 17.3 Å². The summed E-state index contributed by atoms with van der Waals surface area (Å²) < 4.78 is 29.2. The molecule has 2 aromatic rings. The van der Waals surface area contributed by atoms with Crippen molar-refractivity contribution in [3.05, 3.63) is 34.0 Å². The van der Waals surface area contributed by atoms with Gasteiger partial charge < -0.3 is 0 Å². The van der Waals surface area contributed by atoms with Crippen molar-refractivity contribution in [3.8, 4) is 0 Å². The van der Waals surface area contributed by atoms with Crippen LogP contribution in [0, 0.1) is 20.8 Å². The van der Waals surface area contributed by atoms with Crippen molar-refractivity contribution in [1.29, 1.82) is 0 Å². The van der Waals surface area contributed by atoms with E-state index in [2.05, 4.69) is 9.82 Å². The highest BCUT2D eigenvalue weighted by atomic mass is 32.2. The standard InChI is InChI=1S/C14H21N3O2S2/c1-5-13-6-7-14(20-13)21(18,19)15-8-9-17-12(4)10(2)11(3)16-17/h6-7,15H,5,8-9H2,1-4H3. The van der Waals surface area contributed by atoms with E-state index >= 15 is 0 Å². The summed E-state index contributed by atoms with van der Waals surface area (Å²) in [5, 5.41) is 4.40. The van der Waals surface area contributed by atoms with Gasteiger partial charge in [-0.1, -0.05) is 6.92 Å². The number of rotatable bonds is 6. The van der Waals surface area contributed by atoms with E-state index in [9.17, 15) is 8.42 Å². The molecule has 0 bridgehead atoms. The SMILES string of the molecule is CCc1ccc(S(=O)(=O)NCCn2nc(C)c(C)c2C)s1. The molecule has 0 spiro atoms. The number of aromatic nitrogens is 2. The predicted octanol–water partition coefficient (Wildman–Crippen LogP) is 2.41. The number of aryl methyl sites for hydroxylation is 2. The van der Waals surface area contributed by atoms with Gasteiger partial charge in [0.15, 0.2) is 0 Å². The van der Waals surface area contributed by atoms with Gasteiger partial charge in [0, 0.05) is 17.1 Å².